The van der Waals surface area contributed by atoms with E-state index in [0.29, 0.717) is 6.07 Å². The molecule has 4 nitrogen and oxygen atoms in total. The van der Waals surface area contributed by atoms with E-state index < -0.39 is 30.7 Å². The van der Waals surface area contributed by atoms with Gasteiger partial charge in [0.1, 0.15) is 5.75 Å². The van der Waals surface area contributed by atoms with Crippen molar-refractivity contribution < 1.29 is 27.8 Å². The maximum absolute atomic E-state index is 12.7. The van der Waals surface area contributed by atoms with E-state index in [9.17, 15) is 18.0 Å². The van der Waals surface area contributed by atoms with Crippen LogP contribution in [0.2, 0.25) is 0 Å². The molecule has 7 heteroatoms. The number of carboxylic acid groups (broad SMARTS) is 1. The van der Waals surface area contributed by atoms with E-state index in [4.69, 9.17) is 5.11 Å². The van der Waals surface area contributed by atoms with Crippen molar-refractivity contribution >= 4 is 5.97 Å². The number of hydrogen-bond acceptors (Lipinski definition) is 3. The largest absolute Gasteiger partial charge is 0.481 e. The Balaban J connectivity index is 2.89. The van der Waals surface area contributed by atoms with E-state index >= 15 is 0 Å². The molecule has 1 aromatic heterocycles. The number of aromatic nitrogens is 1. The monoisotopic (exact) mass is 221 g/mol. The third kappa shape index (κ3) is 3.84. The maximum atomic E-state index is 12.7. The molecule has 0 aliphatic heterocycles. The van der Waals surface area contributed by atoms with Crippen LogP contribution < -0.4 is 4.74 Å². The average Bonchev–Trinajstić information content (AvgIpc) is 1.98. The molecule has 0 spiro atoms. The standard InChI is InChI=1S/C8H6F3NO3/c9-6-3-5(15-8(10)11)1-4(12-6)2-7(13)14/h1,3,8H,2H2,(H,13,14). The van der Waals surface area contributed by atoms with Gasteiger partial charge in [-0.25, -0.2) is 4.98 Å². The Labute approximate surface area is 82.3 Å². The average molecular weight is 221 g/mol. The van der Waals surface area contributed by atoms with Gasteiger partial charge in [-0.3, -0.25) is 4.79 Å². The molecule has 82 valence electrons. The molecule has 1 N–H and O–H groups in total. The molecule has 0 aromatic carbocycles. The van der Waals surface area contributed by atoms with Gasteiger partial charge in [0, 0.05) is 12.1 Å². The van der Waals surface area contributed by atoms with Crippen molar-refractivity contribution in [3.05, 3.63) is 23.8 Å². The van der Waals surface area contributed by atoms with E-state index in [1.165, 1.54) is 0 Å². The number of carbonyl (C=O) groups is 1. The Kier molecular flexibility index (Phi) is 3.48. The van der Waals surface area contributed by atoms with Gasteiger partial charge >= 0.3 is 12.6 Å². The number of aliphatic carboxylic acids is 1. The molecule has 0 atom stereocenters. The highest BCUT2D eigenvalue weighted by Crippen LogP contribution is 2.16. The van der Waals surface area contributed by atoms with Crippen LogP contribution in [0.15, 0.2) is 12.1 Å². The summed E-state index contributed by atoms with van der Waals surface area (Å²) in [7, 11) is 0. The minimum absolute atomic E-state index is 0.182. The molecule has 0 saturated heterocycles. The summed E-state index contributed by atoms with van der Waals surface area (Å²) in [5, 5.41) is 8.38. The Morgan fingerprint density at radius 2 is 2.20 bits per heavy atom. The summed E-state index contributed by atoms with van der Waals surface area (Å²) in [6.07, 6.45) is -0.558. The highest BCUT2D eigenvalue weighted by Gasteiger charge is 2.10. The van der Waals surface area contributed by atoms with E-state index in [1.54, 1.807) is 0 Å². The fourth-order valence-electron chi connectivity index (χ4n) is 0.941. The Morgan fingerprint density at radius 3 is 2.73 bits per heavy atom. The van der Waals surface area contributed by atoms with E-state index in [1.807, 2.05) is 0 Å². The van der Waals surface area contributed by atoms with Crippen LogP contribution in [0.25, 0.3) is 0 Å². The van der Waals surface area contributed by atoms with Crippen molar-refractivity contribution in [3.8, 4) is 5.75 Å². The van der Waals surface area contributed by atoms with Gasteiger partial charge in [0.2, 0.25) is 5.95 Å². The number of pyridine rings is 1. The highest BCUT2D eigenvalue weighted by molar-refractivity contribution is 5.69. The summed E-state index contributed by atoms with van der Waals surface area (Å²) in [4.78, 5) is 13.5. The smallest absolute Gasteiger partial charge is 0.387 e. The fraction of sp³-hybridized carbons (Fsp3) is 0.250. The second kappa shape index (κ2) is 4.63. The molecule has 0 amide bonds. The lowest BCUT2D eigenvalue weighted by atomic mass is 10.2. The number of carboxylic acids is 1. The van der Waals surface area contributed by atoms with E-state index in [-0.39, 0.29) is 5.69 Å². The lowest BCUT2D eigenvalue weighted by Crippen LogP contribution is -2.07. The lowest BCUT2D eigenvalue weighted by Gasteiger charge is -2.05. The maximum Gasteiger partial charge on any atom is 0.387 e. The van der Waals surface area contributed by atoms with Gasteiger partial charge in [-0.1, -0.05) is 0 Å². The van der Waals surface area contributed by atoms with Gasteiger partial charge < -0.3 is 9.84 Å². The van der Waals surface area contributed by atoms with Crippen molar-refractivity contribution in [2.75, 3.05) is 0 Å². The number of ether oxygens (including phenoxy) is 1. The molecule has 0 aliphatic rings. The van der Waals surface area contributed by atoms with Crippen molar-refractivity contribution in [1.82, 2.24) is 4.98 Å². The molecular formula is C8H6F3NO3. The molecule has 1 rings (SSSR count). The summed E-state index contributed by atoms with van der Waals surface area (Å²) < 4.78 is 40.1. The van der Waals surface area contributed by atoms with Crippen LogP contribution >= 0.6 is 0 Å². The lowest BCUT2D eigenvalue weighted by molar-refractivity contribution is -0.136. The third-order valence-corrected chi connectivity index (χ3v) is 1.38. The number of nitrogens with zero attached hydrogens (tertiary/aromatic N) is 1. The summed E-state index contributed by atoms with van der Waals surface area (Å²) >= 11 is 0. The Morgan fingerprint density at radius 1 is 1.53 bits per heavy atom. The first-order chi connectivity index (χ1) is 6.97. The second-order valence-electron chi connectivity index (χ2n) is 2.57. The first-order valence-electron chi connectivity index (χ1n) is 3.80. The van der Waals surface area contributed by atoms with Crippen LogP contribution in [0.1, 0.15) is 5.69 Å². The van der Waals surface area contributed by atoms with Crippen LogP contribution in [-0.2, 0) is 11.2 Å². The molecule has 0 fully saturated rings. The van der Waals surface area contributed by atoms with Crippen molar-refractivity contribution in [2.24, 2.45) is 0 Å². The van der Waals surface area contributed by atoms with Crippen LogP contribution in [0, 0.1) is 5.95 Å². The van der Waals surface area contributed by atoms with Gasteiger partial charge in [-0.2, -0.15) is 13.2 Å². The Hall–Kier alpha value is -1.79. The molecule has 1 heterocycles. The Bertz CT molecular complexity index is 370. The van der Waals surface area contributed by atoms with E-state index in [2.05, 4.69) is 9.72 Å². The first-order valence-corrected chi connectivity index (χ1v) is 3.80. The molecular weight excluding hydrogens is 215 g/mol. The number of alkyl halides is 2. The van der Waals surface area contributed by atoms with Gasteiger partial charge in [0.15, 0.2) is 0 Å². The van der Waals surface area contributed by atoms with Gasteiger partial charge in [0.05, 0.1) is 12.1 Å². The predicted octanol–water partition coefficient (Wildman–Crippen LogP) is 1.45. The van der Waals surface area contributed by atoms with Crippen molar-refractivity contribution in [1.29, 1.82) is 0 Å². The SMILES string of the molecule is O=C(O)Cc1cc(OC(F)F)cc(F)n1. The molecule has 0 saturated carbocycles. The van der Waals surface area contributed by atoms with E-state index in [0.717, 1.165) is 6.07 Å². The molecule has 0 radical (unpaired) electrons. The predicted molar refractivity (Wildman–Crippen MR) is 42.2 cm³/mol. The zero-order valence-electron chi connectivity index (χ0n) is 7.28. The topological polar surface area (TPSA) is 59.4 Å². The normalized spacial score (nSPS) is 10.4. The molecule has 1 aromatic rings. The molecule has 15 heavy (non-hydrogen) atoms. The number of halogens is 3. The quantitative estimate of drug-likeness (QED) is 0.781. The second-order valence-corrected chi connectivity index (χ2v) is 2.57. The molecule has 0 bridgehead atoms. The van der Waals surface area contributed by atoms with Gasteiger partial charge in [-0.15, -0.1) is 0 Å². The summed E-state index contributed by atoms with van der Waals surface area (Å²) in [5.74, 6) is -2.76. The minimum Gasteiger partial charge on any atom is -0.481 e. The summed E-state index contributed by atoms with van der Waals surface area (Å²) in [6.45, 7) is -3.09. The zero-order valence-corrected chi connectivity index (χ0v) is 7.28. The molecule has 0 unspecified atom stereocenters. The van der Waals surface area contributed by atoms with Crippen LogP contribution in [0.4, 0.5) is 13.2 Å². The third-order valence-electron chi connectivity index (χ3n) is 1.38. The van der Waals surface area contributed by atoms with Crippen molar-refractivity contribution in [2.45, 2.75) is 13.0 Å². The first kappa shape index (κ1) is 11.3. The minimum atomic E-state index is -3.09. The zero-order chi connectivity index (χ0) is 11.4. The van der Waals surface area contributed by atoms with Gasteiger partial charge in [-0.05, 0) is 0 Å². The fourth-order valence-corrected chi connectivity index (χ4v) is 0.941. The highest BCUT2D eigenvalue weighted by atomic mass is 19.3. The van der Waals surface area contributed by atoms with Crippen LogP contribution in [0.3, 0.4) is 0 Å². The van der Waals surface area contributed by atoms with Crippen molar-refractivity contribution in [3.63, 3.8) is 0 Å². The summed E-state index contributed by atoms with van der Waals surface area (Å²) in [6, 6.07) is 1.60. The number of rotatable bonds is 4. The summed E-state index contributed by atoms with van der Waals surface area (Å²) in [5.41, 5.74) is -0.182. The van der Waals surface area contributed by atoms with Gasteiger partial charge in [0.25, 0.3) is 0 Å². The van der Waals surface area contributed by atoms with Crippen LogP contribution in [-0.4, -0.2) is 22.7 Å². The molecule has 0 aliphatic carbocycles. The number of hydrogen-bond donors (Lipinski definition) is 1. The van der Waals surface area contributed by atoms with Crippen LogP contribution in [0.5, 0.6) is 5.75 Å².